The highest BCUT2D eigenvalue weighted by Gasteiger charge is 2.15. The second-order valence-electron chi connectivity index (χ2n) is 4.49. The molecule has 1 saturated heterocycles. The SMILES string of the molecule is CCOc1cccc(CN2CCNC(C)C2)n1. The topological polar surface area (TPSA) is 37.4 Å². The van der Waals surface area contributed by atoms with Crippen molar-refractivity contribution in [2.24, 2.45) is 0 Å². The summed E-state index contributed by atoms with van der Waals surface area (Å²) in [4.78, 5) is 6.93. The van der Waals surface area contributed by atoms with Crippen molar-refractivity contribution in [2.45, 2.75) is 26.4 Å². The van der Waals surface area contributed by atoms with E-state index in [1.54, 1.807) is 0 Å². The maximum absolute atomic E-state index is 5.41. The van der Waals surface area contributed by atoms with Crippen LogP contribution in [-0.2, 0) is 6.54 Å². The van der Waals surface area contributed by atoms with Crippen molar-refractivity contribution >= 4 is 0 Å². The number of hydrogen-bond donors (Lipinski definition) is 1. The number of rotatable bonds is 4. The molecule has 4 heteroatoms. The number of nitrogens with zero attached hydrogens (tertiary/aromatic N) is 2. The fourth-order valence-electron chi connectivity index (χ4n) is 2.16. The molecule has 1 N–H and O–H groups in total. The zero-order valence-electron chi connectivity index (χ0n) is 10.6. The van der Waals surface area contributed by atoms with Crippen LogP contribution in [0.25, 0.3) is 0 Å². The smallest absolute Gasteiger partial charge is 0.213 e. The van der Waals surface area contributed by atoms with Crippen molar-refractivity contribution in [1.82, 2.24) is 15.2 Å². The van der Waals surface area contributed by atoms with Crippen molar-refractivity contribution in [3.05, 3.63) is 23.9 Å². The van der Waals surface area contributed by atoms with Crippen LogP contribution in [0.2, 0.25) is 0 Å². The highest BCUT2D eigenvalue weighted by atomic mass is 16.5. The number of aromatic nitrogens is 1. The van der Waals surface area contributed by atoms with E-state index in [2.05, 4.69) is 28.2 Å². The fraction of sp³-hybridized carbons (Fsp3) is 0.615. The van der Waals surface area contributed by atoms with Gasteiger partial charge in [0.15, 0.2) is 0 Å². The summed E-state index contributed by atoms with van der Waals surface area (Å²) in [7, 11) is 0. The number of hydrogen-bond acceptors (Lipinski definition) is 4. The fourth-order valence-corrected chi connectivity index (χ4v) is 2.16. The maximum atomic E-state index is 5.41. The molecule has 0 saturated carbocycles. The molecule has 94 valence electrons. The van der Waals surface area contributed by atoms with Gasteiger partial charge in [-0.05, 0) is 19.9 Å². The molecule has 2 rings (SSSR count). The summed E-state index contributed by atoms with van der Waals surface area (Å²) >= 11 is 0. The van der Waals surface area contributed by atoms with Crippen LogP contribution in [0.4, 0.5) is 0 Å². The first-order valence-corrected chi connectivity index (χ1v) is 6.32. The van der Waals surface area contributed by atoms with E-state index in [9.17, 15) is 0 Å². The summed E-state index contributed by atoms with van der Waals surface area (Å²) in [5.74, 6) is 0.730. The molecule has 4 nitrogen and oxygen atoms in total. The molecular weight excluding hydrogens is 214 g/mol. The molecular formula is C13H21N3O. The van der Waals surface area contributed by atoms with Crippen LogP contribution in [-0.4, -0.2) is 42.2 Å². The van der Waals surface area contributed by atoms with Crippen LogP contribution in [0.3, 0.4) is 0 Å². The van der Waals surface area contributed by atoms with Crippen LogP contribution in [0.15, 0.2) is 18.2 Å². The van der Waals surface area contributed by atoms with Crippen molar-refractivity contribution in [3.8, 4) is 5.88 Å². The van der Waals surface area contributed by atoms with Crippen LogP contribution in [0.1, 0.15) is 19.5 Å². The third-order valence-corrected chi connectivity index (χ3v) is 2.91. The molecule has 0 radical (unpaired) electrons. The summed E-state index contributed by atoms with van der Waals surface area (Å²) < 4.78 is 5.41. The standard InChI is InChI=1S/C13H21N3O/c1-3-17-13-6-4-5-12(15-13)10-16-8-7-14-11(2)9-16/h4-6,11,14H,3,7-10H2,1-2H3. The molecule has 0 amide bonds. The Balaban J connectivity index is 1.95. The summed E-state index contributed by atoms with van der Waals surface area (Å²) in [6, 6.07) is 6.56. The first-order valence-electron chi connectivity index (χ1n) is 6.32. The Morgan fingerprint density at radius 2 is 2.41 bits per heavy atom. The predicted molar refractivity (Wildman–Crippen MR) is 68.1 cm³/mol. The van der Waals surface area contributed by atoms with Gasteiger partial charge in [-0.15, -0.1) is 0 Å². The molecule has 0 aromatic carbocycles. The van der Waals surface area contributed by atoms with Gasteiger partial charge in [0.1, 0.15) is 0 Å². The third-order valence-electron chi connectivity index (χ3n) is 2.91. The van der Waals surface area contributed by atoms with Gasteiger partial charge in [0, 0.05) is 38.3 Å². The average molecular weight is 235 g/mol. The summed E-state index contributed by atoms with van der Waals surface area (Å²) in [5, 5.41) is 3.44. The molecule has 2 heterocycles. The predicted octanol–water partition coefficient (Wildman–Crippen LogP) is 1.27. The number of piperazine rings is 1. The van der Waals surface area contributed by atoms with Crippen LogP contribution < -0.4 is 10.1 Å². The van der Waals surface area contributed by atoms with Gasteiger partial charge in [0.25, 0.3) is 0 Å². The molecule has 1 aliphatic heterocycles. The second-order valence-corrected chi connectivity index (χ2v) is 4.49. The van der Waals surface area contributed by atoms with E-state index in [4.69, 9.17) is 4.74 Å². The minimum Gasteiger partial charge on any atom is -0.478 e. The summed E-state index contributed by atoms with van der Waals surface area (Å²) in [6.07, 6.45) is 0. The maximum Gasteiger partial charge on any atom is 0.213 e. The van der Waals surface area contributed by atoms with Gasteiger partial charge in [-0.3, -0.25) is 4.90 Å². The third kappa shape index (κ3) is 3.68. The Morgan fingerprint density at radius 1 is 1.53 bits per heavy atom. The lowest BCUT2D eigenvalue weighted by Gasteiger charge is -2.31. The van der Waals surface area contributed by atoms with E-state index in [1.807, 2.05) is 19.1 Å². The van der Waals surface area contributed by atoms with Crippen LogP contribution in [0, 0.1) is 0 Å². The number of ether oxygens (including phenoxy) is 1. The second kappa shape index (κ2) is 5.98. The van der Waals surface area contributed by atoms with Crippen molar-refractivity contribution in [1.29, 1.82) is 0 Å². The molecule has 1 aromatic rings. The lowest BCUT2D eigenvalue weighted by atomic mass is 10.2. The normalized spacial score (nSPS) is 21.4. The molecule has 17 heavy (non-hydrogen) atoms. The van der Waals surface area contributed by atoms with E-state index in [0.717, 1.165) is 37.8 Å². The van der Waals surface area contributed by atoms with E-state index >= 15 is 0 Å². The van der Waals surface area contributed by atoms with Gasteiger partial charge in [-0.2, -0.15) is 0 Å². The van der Waals surface area contributed by atoms with Gasteiger partial charge in [0.2, 0.25) is 5.88 Å². The Hall–Kier alpha value is -1.13. The van der Waals surface area contributed by atoms with Gasteiger partial charge >= 0.3 is 0 Å². The Kier molecular flexibility index (Phi) is 4.34. The largest absolute Gasteiger partial charge is 0.478 e. The zero-order chi connectivity index (χ0) is 12.1. The highest BCUT2D eigenvalue weighted by Crippen LogP contribution is 2.10. The number of pyridine rings is 1. The van der Waals surface area contributed by atoms with E-state index in [1.165, 1.54) is 0 Å². The van der Waals surface area contributed by atoms with Crippen LogP contribution in [0.5, 0.6) is 5.88 Å². The lowest BCUT2D eigenvalue weighted by Crippen LogP contribution is -2.48. The van der Waals surface area contributed by atoms with Crippen molar-refractivity contribution in [3.63, 3.8) is 0 Å². The molecule has 1 unspecified atom stereocenters. The van der Waals surface area contributed by atoms with Gasteiger partial charge in [-0.25, -0.2) is 4.98 Å². The van der Waals surface area contributed by atoms with E-state index in [0.29, 0.717) is 12.6 Å². The lowest BCUT2D eigenvalue weighted by molar-refractivity contribution is 0.197. The summed E-state index contributed by atoms with van der Waals surface area (Å²) in [5.41, 5.74) is 1.09. The molecule has 1 fully saturated rings. The van der Waals surface area contributed by atoms with E-state index < -0.39 is 0 Å². The van der Waals surface area contributed by atoms with Gasteiger partial charge in [-0.1, -0.05) is 6.07 Å². The molecule has 0 spiro atoms. The van der Waals surface area contributed by atoms with Crippen LogP contribution >= 0.6 is 0 Å². The summed E-state index contributed by atoms with van der Waals surface area (Å²) in [6.45, 7) is 9.01. The minimum atomic E-state index is 0.568. The van der Waals surface area contributed by atoms with E-state index in [-0.39, 0.29) is 0 Å². The molecule has 0 bridgehead atoms. The van der Waals surface area contributed by atoms with Crippen molar-refractivity contribution in [2.75, 3.05) is 26.2 Å². The Morgan fingerprint density at radius 3 is 3.18 bits per heavy atom. The molecule has 1 aliphatic rings. The Labute approximate surface area is 103 Å². The first kappa shape index (κ1) is 12.3. The van der Waals surface area contributed by atoms with Crippen molar-refractivity contribution < 1.29 is 4.74 Å². The minimum absolute atomic E-state index is 0.568. The zero-order valence-corrected chi connectivity index (χ0v) is 10.6. The first-order chi connectivity index (χ1) is 8.28. The quantitative estimate of drug-likeness (QED) is 0.853. The monoisotopic (exact) mass is 235 g/mol. The molecule has 0 aliphatic carbocycles. The van der Waals surface area contributed by atoms with Gasteiger partial charge in [0.05, 0.1) is 12.3 Å². The molecule has 1 aromatic heterocycles. The van der Waals surface area contributed by atoms with Gasteiger partial charge < -0.3 is 10.1 Å². The Bertz CT molecular complexity index is 356. The average Bonchev–Trinajstić information content (AvgIpc) is 2.30. The number of nitrogens with one attached hydrogen (secondary N) is 1. The highest BCUT2D eigenvalue weighted by molar-refractivity contribution is 5.15. The molecule has 1 atom stereocenters.